The largest absolute Gasteiger partial charge is 0.494 e. The van der Waals surface area contributed by atoms with E-state index in [4.69, 9.17) is 13.9 Å². The third-order valence-electron chi connectivity index (χ3n) is 4.97. The Labute approximate surface area is 180 Å². The molecule has 2 aromatic carbocycles. The van der Waals surface area contributed by atoms with Gasteiger partial charge in [0.25, 0.3) is 0 Å². The van der Waals surface area contributed by atoms with Crippen molar-refractivity contribution >= 4 is 5.78 Å². The van der Waals surface area contributed by atoms with Crippen molar-refractivity contribution in [3.63, 3.8) is 0 Å². The molecule has 158 valence electrons. The second-order valence-electron chi connectivity index (χ2n) is 7.03. The number of hydrogen-bond donors (Lipinski definition) is 0. The van der Waals surface area contributed by atoms with Gasteiger partial charge in [0, 0.05) is 28.2 Å². The summed E-state index contributed by atoms with van der Waals surface area (Å²) in [6.07, 6.45) is 1.28. The molecule has 0 saturated heterocycles. The normalized spacial score (nSPS) is 10.8. The van der Waals surface area contributed by atoms with Crippen molar-refractivity contribution in [3.05, 3.63) is 77.9 Å². The molecule has 0 atom stereocenters. The molecule has 2 aromatic heterocycles. The number of aryl methyl sites for hydroxylation is 1. The first kappa shape index (κ1) is 20.4. The summed E-state index contributed by atoms with van der Waals surface area (Å²) in [6, 6.07) is 16.9. The van der Waals surface area contributed by atoms with Crippen LogP contribution >= 0.6 is 0 Å². The van der Waals surface area contributed by atoms with E-state index in [9.17, 15) is 4.79 Å². The van der Waals surface area contributed by atoms with Crippen molar-refractivity contribution in [1.82, 2.24) is 14.8 Å². The molecule has 0 aliphatic rings. The van der Waals surface area contributed by atoms with Gasteiger partial charge in [-0.15, -0.1) is 10.2 Å². The number of benzene rings is 2. The molecule has 0 saturated carbocycles. The van der Waals surface area contributed by atoms with Crippen molar-refractivity contribution < 1.29 is 18.7 Å². The fourth-order valence-corrected chi connectivity index (χ4v) is 3.52. The molecule has 2 heterocycles. The highest BCUT2D eigenvalue weighted by molar-refractivity contribution is 5.98. The van der Waals surface area contributed by atoms with Gasteiger partial charge in [0.2, 0.25) is 18.1 Å². The van der Waals surface area contributed by atoms with Gasteiger partial charge in [0.05, 0.1) is 6.61 Å². The van der Waals surface area contributed by atoms with Crippen molar-refractivity contribution in [2.24, 2.45) is 0 Å². The summed E-state index contributed by atoms with van der Waals surface area (Å²) in [5.74, 6) is 1.77. The van der Waals surface area contributed by atoms with E-state index < -0.39 is 0 Å². The van der Waals surface area contributed by atoms with E-state index in [0.717, 1.165) is 28.4 Å². The number of hydrogen-bond acceptors (Lipinski definition) is 6. The minimum atomic E-state index is -0.0775. The van der Waals surface area contributed by atoms with Crippen molar-refractivity contribution in [3.8, 4) is 28.6 Å². The third-order valence-corrected chi connectivity index (χ3v) is 4.97. The number of rotatable bonds is 8. The van der Waals surface area contributed by atoms with Gasteiger partial charge in [0.1, 0.15) is 11.5 Å². The van der Waals surface area contributed by atoms with E-state index in [-0.39, 0.29) is 12.4 Å². The Bertz CT molecular complexity index is 1160. The SMILES string of the molecule is CCOc1ccc(-n2c(C)cc(C(=O)COc3ccc(-c4nnco4)cc3)c2C)cc1. The summed E-state index contributed by atoms with van der Waals surface area (Å²) < 4.78 is 18.4. The Morgan fingerprint density at radius 1 is 1.00 bits per heavy atom. The Hall–Kier alpha value is -3.87. The fourth-order valence-electron chi connectivity index (χ4n) is 3.52. The molecule has 0 aliphatic carbocycles. The average molecular weight is 417 g/mol. The molecule has 0 unspecified atom stereocenters. The molecular weight excluding hydrogens is 394 g/mol. The number of Topliss-reactive ketones (excluding diaryl/α,β-unsaturated/α-hetero) is 1. The minimum absolute atomic E-state index is 0.0481. The number of ketones is 1. The van der Waals surface area contributed by atoms with Crippen molar-refractivity contribution in [2.75, 3.05) is 13.2 Å². The maximum Gasteiger partial charge on any atom is 0.247 e. The van der Waals surface area contributed by atoms with Crippen LogP contribution in [0.15, 0.2) is 65.4 Å². The Morgan fingerprint density at radius 3 is 2.32 bits per heavy atom. The van der Waals surface area contributed by atoms with Gasteiger partial charge in [-0.3, -0.25) is 4.79 Å². The van der Waals surface area contributed by atoms with Gasteiger partial charge < -0.3 is 18.5 Å². The third kappa shape index (κ3) is 4.35. The highest BCUT2D eigenvalue weighted by Gasteiger charge is 2.17. The predicted octanol–water partition coefficient (Wildman–Crippen LogP) is 4.80. The van der Waals surface area contributed by atoms with E-state index >= 15 is 0 Å². The van der Waals surface area contributed by atoms with Crippen molar-refractivity contribution in [1.29, 1.82) is 0 Å². The van der Waals surface area contributed by atoms with Crippen LogP contribution in [-0.4, -0.2) is 33.8 Å². The van der Waals surface area contributed by atoms with E-state index in [2.05, 4.69) is 14.8 Å². The summed E-state index contributed by atoms with van der Waals surface area (Å²) >= 11 is 0. The van der Waals surface area contributed by atoms with Gasteiger partial charge in [-0.2, -0.15) is 0 Å². The zero-order valence-electron chi connectivity index (χ0n) is 17.7. The molecule has 0 radical (unpaired) electrons. The number of carbonyl (C=O) groups is 1. The summed E-state index contributed by atoms with van der Waals surface area (Å²) in [6.45, 7) is 6.45. The molecule has 4 rings (SSSR count). The zero-order valence-corrected chi connectivity index (χ0v) is 17.7. The van der Waals surface area contributed by atoms with Crippen LogP contribution in [0.25, 0.3) is 17.1 Å². The molecule has 0 fully saturated rings. The molecule has 0 spiro atoms. The first-order valence-electron chi connectivity index (χ1n) is 10.0. The number of nitrogens with zero attached hydrogens (tertiary/aromatic N) is 3. The van der Waals surface area contributed by atoms with Gasteiger partial charge in [-0.05, 0) is 75.4 Å². The smallest absolute Gasteiger partial charge is 0.247 e. The lowest BCUT2D eigenvalue weighted by atomic mass is 10.1. The standard InChI is InChI=1S/C24H23N3O4/c1-4-29-20-11-7-19(8-12-20)27-16(2)13-22(17(27)3)23(28)14-30-21-9-5-18(6-10-21)24-26-25-15-31-24/h5-13,15H,4,14H2,1-3H3. The summed E-state index contributed by atoms with van der Waals surface area (Å²) in [5, 5.41) is 7.53. The van der Waals surface area contributed by atoms with Gasteiger partial charge >= 0.3 is 0 Å². The maximum atomic E-state index is 12.8. The number of carbonyl (C=O) groups excluding carboxylic acids is 1. The lowest BCUT2D eigenvalue weighted by Gasteiger charge is -2.11. The van der Waals surface area contributed by atoms with Crippen molar-refractivity contribution in [2.45, 2.75) is 20.8 Å². The first-order valence-corrected chi connectivity index (χ1v) is 10.0. The van der Waals surface area contributed by atoms with Crippen LogP contribution in [0.4, 0.5) is 0 Å². The van der Waals surface area contributed by atoms with E-state index in [1.807, 2.05) is 63.2 Å². The zero-order chi connectivity index (χ0) is 21.8. The molecule has 0 bridgehead atoms. The topological polar surface area (TPSA) is 79.4 Å². The van der Waals surface area contributed by atoms with E-state index in [1.165, 1.54) is 6.39 Å². The molecule has 0 aliphatic heterocycles. The molecule has 31 heavy (non-hydrogen) atoms. The second-order valence-corrected chi connectivity index (χ2v) is 7.03. The Balaban J connectivity index is 1.46. The highest BCUT2D eigenvalue weighted by atomic mass is 16.5. The number of ether oxygens (including phenoxy) is 2. The predicted molar refractivity (Wildman–Crippen MR) is 116 cm³/mol. The van der Waals surface area contributed by atoms with Crippen LogP contribution in [0, 0.1) is 13.8 Å². The quantitative estimate of drug-likeness (QED) is 0.383. The molecule has 4 aromatic rings. The van der Waals surface area contributed by atoms with Crippen LogP contribution in [0.2, 0.25) is 0 Å². The maximum absolute atomic E-state index is 12.8. The summed E-state index contributed by atoms with van der Waals surface area (Å²) in [7, 11) is 0. The van der Waals surface area contributed by atoms with Crippen LogP contribution in [0.1, 0.15) is 28.7 Å². The minimum Gasteiger partial charge on any atom is -0.494 e. The fraction of sp³-hybridized carbons (Fsp3) is 0.208. The lowest BCUT2D eigenvalue weighted by Crippen LogP contribution is -2.12. The Kier molecular flexibility index (Phi) is 5.84. The highest BCUT2D eigenvalue weighted by Crippen LogP contribution is 2.24. The van der Waals surface area contributed by atoms with Gasteiger partial charge in [-0.25, -0.2) is 0 Å². The van der Waals surface area contributed by atoms with Crippen LogP contribution in [0.5, 0.6) is 11.5 Å². The van der Waals surface area contributed by atoms with E-state index in [1.54, 1.807) is 12.1 Å². The van der Waals surface area contributed by atoms with Gasteiger partial charge in [0.15, 0.2) is 6.61 Å². The second kappa shape index (κ2) is 8.87. The monoisotopic (exact) mass is 417 g/mol. The number of aromatic nitrogens is 3. The molecule has 7 heteroatoms. The first-order chi connectivity index (χ1) is 15.1. The molecule has 0 N–H and O–H groups in total. The molecule has 7 nitrogen and oxygen atoms in total. The van der Waals surface area contributed by atoms with E-state index in [0.29, 0.717) is 23.8 Å². The van der Waals surface area contributed by atoms with Crippen LogP contribution in [0.3, 0.4) is 0 Å². The summed E-state index contributed by atoms with van der Waals surface area (Å²) in [4.78, 5) is 12.8. The van der Waals surface area contributed by atoms with Gasteiger partial charge in [-0.1, -0.05) is 0 Å². The summed E-state index contributed by atoms with van der Waals surface area (Å²) in [5.41, 5.74) is 4.27. The Morgan fingerprint density at radius 2 is 1.68 bits per heavy atom. The average Bonchev–Trinajstić information content (AvgIpc) is 3.42. The van der Waals surface area contributed by atoms with Crippen LogP contribution in [-0.2, 0) is 0 Å². The molecule has 0 amide bonds. The van der Waals surface area contributed by atoms with Crippen LogP contribution < -0.4 is 9.47 Å². The lowest BCUT2D eigenvalue weighted by molar-refractivity contribution is 0.0921. The molecular formula is C24H23N3O4.